The van der Waals surface area contributed by atoms with Gasteiger partial charge in [0.2, 0.25) is 5.91 Å². The number of amides is 1. The molecule has 24 heavy (non-hydrogen) atoms. The first-order valence-corrected chi connectivity index (χ1v) is 8.29. The van der Waals surface area contributed by atoms with Crippen molar-refractivity contribution >= 4 is 27.9 Å². The molecule has 1 atom stereocenters. The normalized spacial score (nSPS) is 12.0. The molecule has 1 unspecified atom stereocenters. The maximum absolute atomic E-state index is 12.1. The van der Waals surface area contributed by atoms with Crippen molar-refractivity contribution in [3.05, 3.63) is 64.1 Å². The van der Waals surface area contributed by atoms with Crippen molar-refractivity contribution in [1.29, 1.82) is 0 Å². The summed E-state index contributed by atoms with van der Waals surface area (Å²) in [5.41, 5.74) is 1.91. The highest BCUT2D eigenvalue weighted by atomic mass is 79.9. The van der Waals surface area contributed by atoms with Crippen LogP contribution >= 0.6 is 15.9 Å². The molecule has 0 fully saturated rings. The molecule has 0 heterocycles. The largest absolute Gasteiger partial charge is 0.493 e. The Kier molecular flexibility index (Phi) is 6.44. The summed E-state index contributed by atoms with van der Waals surface area (Å²) in [7, 11) is 3.17. The van der Waals surface area contributed by atoms with E-state index >= 15 is 0 Å². The van der Waals surface area contributed by atoms with Crippen molar-refractivity contribution in [2.75, 3.05) is 14.2 Å². The molecule has 2 aromatic carbocycles. The number of nitrogens with one attached hydrogen (secondary N) is 1. The summed E-state index contributed by atoms with van der Waals surface area (Å²) in [6.45, 7) is 1.95. The number of methoxy groups -OCH3 is 2. The monoisotopic (exact) mass is 389 g/mol. The van der Waals surface area contributed by atoms with Gasteiger partial charge < -0.3 is 14.8 Å². The summed E-state index contributed by atoms with van der Waals surface area (Å²) in [5.74, 6) is 1.13. The van der Waals surface area contributed by atoms with Gasteiger partial charge in [-0.1, -0.05) is 34.1 Å². The number of carbonyl (C=O) groups is 1. The number of carbonyl (C=O) groups excluding carboxylic acids is 1. The quantitative estimate of drug-likeness (QED) is 0.746. The Morgan fingerprint density at radius 1 is 1.08 bits per heavy atom. The van der Waals surface area contributed by atoms with Crippen molar-refractivity contribution in [1.82, 2.24) is 5.32 Å². The van der Waals surface area contributed by atoms with Crippen molar-refractivity contribution in [3.8, 4) is 11.5 Å². The van der Waals surface area contributed by atoms with E-state index < -0.39 is 0 Å². The van der Waals surface area contributed by atoms with Crippen LogP contribution in [-0.4, -0.2) is 20.1 Å². The number of ether oxygens (including phenoxy) is 2. The Labute approximate surface area is 150 Å². The van der Waals surface area contributed by atoms with Crippen LogP contribution in [0.1, 0.15) is 24.1 Å². The van der Waals surface area contributed by atoms with Crippen molar-refractivity contribution in [3.63, 3.8) is 0 Å². The zero-order chi connectivity index (χ0) is 17.5. The van der Waals surface area contributed by atoms with E-state index in [1.165, 1.54) is 6.08 Å². The molecule has 1 N–H and O–H groups in total. The molecule has 0 aromatic heterocycles. The summed E-state index contributed by atoms with van der Waals surface area (Å²) in [6, 6.07) is 13.3. The highest BCUT2D eigenvalue weighted by Crippen LogP contribution is 2.28. The van der Waals surface area contributed by atoms with Gasteiger partial charge in [-0.25, -0.2) is 0 Å². The van der Waals surface area contributed by atoms with E-state index in [-0.39, 0.29) is 11.9 Å². The lowest BCUT2D eigenvalue weighted by Crippen LogP contribution is -2.24. The van der Waals surface area contributed by atoms with E-state index in [9.17, 15) is 4.79 Å². The standard InChI is InChI=1S/C19H20BrNO3/c1-13(15-6-8-16(20)9-7-15)21-19(22)11-5-14-4-10-17(23-2)18(12-14)24-3/h4-13H,1-3H3,(H,21,22)/b11-5+. The van der Waals surface area contributed by atoms with Gasteiger partial charge in [-0.2, -0.15) is 0 Å². The molecule has 2 rings (SSSR count). The summed E-state index contributed by atoms with van der Waals surface area (Å²) >= 11 is 3.40. The van der Waals surface area contributed by atoms with Crippen LogP contribution in [0.5, 0.6) is 11.5 Å². The zero-order valence-electron chi connectivity index (χ0n) is 13.9. The Morgan fingerprint density at radius 2 is 1.75 bits per heavy atom. The molecule has 0 aliphatic carbocycles. The van der Waals surface area contributed by atoms with Crippen LogP contribution in [0.3, 0.4) is 0 Å². The van der Waals surface area contributed by atoms with Gasteiger partial charge in [0.1, 0.15) is 0 Å². The Morgan fingerprint density at radius 3 is 2.38 bits per heavy atom. The fraction of sp³-hybridized carbons (Fsp3) is 0.211. The molecule has 0 radical (unpaired) electrons. The van der Waals surface area contributed by atoms with Crippen LogP contribution in [0.15, 0.2) is 53.0 Å². The zero-order valence-corrected chi connectivity index (χ0v) is 15.5. The van der Waals surface area contributed by atoms with Gasteiger partial charge in [0.05, 0.1) is 20.3 Å². The van der Waals surface area contributed by atoms with E-state index in [1.807, 2.05) is 43.3 Å². The number of benzene rings is 2. The maximum Gasteiger partial charge on any atom is 0.244 e. The Bertz CT molecular complexity index is 726. The molecule has 1 amide bonds. The molecule has 0 spiro atoms. The molecule has 0 aliphatic rings. The summed E-state index contributed by atoms with van der Waals surface area (Å²) in [4.78, 5) is 12.1. The molecular weight excluding hydrogens is 370 g/mol. The highest BCUT2D eigenvalue weighted by Gasteiger charge is 2.07. The first kappa shape index (κ1) is 18.1. The lowest BCUT2D eigenvalue weighted by Gasteiger charge is -2.13. The van der Waals surface area contributed by atoms with Crippen LogP contribution in [0.25, 0.3) is 6.08 Å². The van der Waals surface area contributed by atoms with Gasteiger partial charge in [0.15, 0.2) is 11.5 Å². The number of hydrogen-bond acceptors (Lipinski definition) is 3. The molecule has 126 valence electrons. The van der Waals surface area contributed by atoms with Crippen molar-refractivity contribution < 1.29 is 14.3 Å². The number of halogens is 1. The third kappa shape index (κ3) is 4.86. The Hall–Kier alpha value is -2.27. The van der Waals surface area contributed by atoms with Gasteiger partial charge >= 0.3 is 0 Å². The summed E-state index contributed by atoms with van der Waals surface area (Å²) < 4.78 is 11.5. The second-order valence-corrected chi connectivity index (χ2v) is 6.15. The van der Waals surface area contributed by atoms with Crippen LogP contribution in [0.4, 0.5) is 0 Å². The van der Waals surface area contributed by atoms with Gasteiger partial charge in [-0.15, -0.1) is 0 Å². The minimum absolute atomic E-state index is 0.0688. The lowest BCUT2D eigenvalue weighted by molar-refractivity contribution is -0.117. The van der Waals surface area contributed by atoms with Crippen molar-refractivity contribution in [2.24, 2.45) is 0 Å². The highest BCUT2D eigenvalue weighted by molar-refractivity contribution is 9.10. The average Bonchev–Trinajstić information content (AvgIpc) is 2.60. The first-order valence-electron chi connectivity index (χ1n) is 7.49. The predicted molar refractivity (Wildman–Crippen MR) is 99.3 cm³/mol. The summed E-state index contributed by atoms with van der Waals surface area (Å²) in [5, 5.41) is 2.94. The van der Waals surface area contributed by atoms with E-state index in [1.54, 1.807) is 26.4 Å². The minimum Gasteiger partial charge on any atom is -0.493 e. The molecule has 4 nitrogen and oxygen atoms in total. The fourth-order valence-electron chi connectivity index (χ4n) is 2.22. The first-order chi connectivity index (χ1) is 11.5. The summed E-state index contributed by atoms with van der Waals surface area (Å²) in [6.07, 6.45) is 3.25. The van der Waals surface area contributed by atoms with Crippen molar-refractivity contribution in [2.45, 2.75) is 13.0 Å². The van der Waals surface area contributed by atoms with Crippen LogP contribution in [-0.2, 0) is 4.79 Å². The third-order valence-electron chi connectivity index (χ3n) is 3.56. The van der Waals surface area contributed by atoms with E-state index in [4.69, 9.17) is 9.47 Å². The van der Waals surface area contributed by atoms with Crippen LogP contribution < -0.4 is 14.8 Å². The topological polar surface area (TPSA) is 47.6 Å². The second-order valence-electron chi connectivity index (χ2n) is 5.23. The predicted octanol–water partition coefficient (Wildman–Crippen LogP) is 4.36. The molecule has 5 heteroatoms. The van der Waals surface area contributed by atoms with E-state index in [0.717, 1.165) is 15.6 Å². The van der Waals surface area contributed by atoms with E-state index in [2.05, 4.69) is 21.2 Å². The SMILES string of the molecule is COc1ccc(/C=C/C(=O)NC(C)c2ccc(Br)cc2)cc1OC. The van der Waals surface area contributed by atoms with E-state index in [0.29, 0.717) is 11.5 Å². The fourth-order valence-corrected chi connectivity index (χ4v) is 2.49. The lowest BCUT2D eigenvalue weighted by atomic mass is 10.1. The number of rotatable bonds is 6. The minimum atomic E-state index is -0.153. The smallest absolute Gasteiger partial charge is 0.244 e. The maximum atomic E-state index is 12.1. The van der Waals surface area contributed by atoms with Gasteiger partial charge in [-0.05, 0) is 48.4 Å². The molecule has 2 aromatic rings. The van der Waals surface area contributed by atoms with Gasteiger partial charge in [-0.3, -0.25) is 4.79 Å². The van der Waals surface area contributed by atoms with Crippen LogP contribution in [0.2, 0.25) is 0 Å². The average molecular weight is 390 g/mol. The molecule has 0 bridgehead atoms. The third-order valence-corrected chi connectivity index (χ3v) is 4.09. The Balaban J connectivity index is 2.01. The molecule has 0 aliphatic heterocycles. The number of hydrogen-bond donors (Lipinski definition) is 1. The van der Waals surface area contributed by atoms with Crippen LogP contribution in [0, 0.1) is 0 Å². The molecule has 0 saturated heterocycles. The second kappa shape index (κ2) is 8.55. The molecule has 0 saturated carbocycles. The molecular formula is C19H20BrNO3. The van der Waals surface area contributed by atoms with Gasteiger partial charge in [0, 0.05) is 10.5 Å². The van der Waals surface area contributed by atoms with Gasteiger partial charge in [0.25, 0.3) is 0 Å².